The van der Waals surface area contributed by atoms with E-state index >= 15 is 0 Å². The Hall–Kier alpha value is -1.60. The summed E-state index contributed by atoms with van der Waals surface area (Å²) in [5, 5.41) is 0. The largest absolute Gasteiger partial charge is 0.356 e. The quantitative estimate of drug-likeness (QED) is 0.730. The van der Waals surface area contributed by atoms with E-state index in [4.69, 9.17) is 8.85 Å². The smallest absolute Gasteiger partial charge is 0.127 e. The molecule has 23 heavy (non-hydrogen) atoms. The van der Waals surface area contributed by atoms with E-state index in [1.807, 2.05) is 43.3 Å². The normalized spacial score (nSPS) is 45.9. The van der Waals surface area contributed by atoms with Gasteiger partial charge < -0.3 is 4.74 Å². The van der Waals surface area contributed by atoms with E-state index in [1.54, 1.807) is 0 Å². The van der Waals surface area contributed by atoms with Crippen LogP contribution in [0.1, 0.15) is 41.9 Å². The zero-order valence-electron chi connectivity index (χ0n) is 16.5. The minimum atomic E-state index is -2.04. The van der Waals surface area contributed by atoms with Crippen molar-refractivity contribution in [3.8, 4) is 0 Å². The average molecular weight is 307 g/mol. The first-order valence-corrected chi connectivity index (χ1v) is 8.66. The van der Waals surface area contributed by atoms with Crippen LogP contribution in [-0.2, 0) is 16.8 Å². The highest BCUT2D eigenvalue weighted by atomic mass is 16.6. The van der Waals surface area contributed by atoms with Gasteiger partial charge in [0.2, 0.25) is 0 Å². The zero-order chi connectivity index (χ0) is 18.2. The summed E-state index contributed by atoms with van der Waals surface area (Å²) in [5.41, 5.74) is 0.380. The minimum absolute atomic E-state index is 0.202. The molecule has 3 fully saturated rings. The molecule has 3 aliphatic rings. The maximum atomic E-state index is 8.43. The Balaban J connectivity index is 1.70. The van der Waals surface area contributed by atoms with E-state index in [2.05, 4.69) is 24.3 Å². The number of benzene rings is 2. The van der Waals surface area contributed by atoms with Gasteiger partial charge in [0, 0.05) is 15.9 Å². The van der Waals surface area contributed by atoms with E-state index in [-0.39, 0.29) is 5.92 Å². The van der Waals surface area contributed by atoms with Gasteiger partial charge in [0.15, 0.2) is 0 Å². The number of epoxide rings is 1. The Kier molecular flexibility index (Phi) is 2.05. The lowest BCUT2D eigenvalue weighted by Gasteiger charge is -2.44. The third kappa shape index (κ3) is 1.48. The van der Waals surface area contributed by atoms with E-state index in [1.165, 1.54) is 0 Å². The number of hydrogen-bond acceptors (Lipinski definition) is 1. The Morgan fingerprint density at radius 1 is 1.00 bits per heavy atom. The summed E-state index contributed by atoms with van der Waals surface area (Å²) in [4.78, 5) is 0. The van der Waals surface area contributed by atoms with E-state index in [0.717, 1.165) is 24.0 Å². The van der Waals surface area contributed by atoms with Crippen LogP contribution < -0.4 is 0 Å². The Morgan fingerprint density at radius 3 is 2.26 bits per heavy atom. The van der Waals surface area contributed by atoms with E-state index in [0.29, 0.717) is 12.3 Å². The van der Waals surface area contributed by atoms with Gasteiger partial charge in [-0.15, -0.1) is 0 Å². The van der Waals surface area contributed by atoms with Gasteiger partial charge in [-0.25, -0.2) is 0 Å². The second kappa shape index (κ2) is 4.27. The summed E-state index contributed by atoms with van der Waals surface area (Å²) < 4.78 is 31.9. The van der Waals surface area contributed by atoms with Gasteiger partial charge in [0.05, 0.1) is 0 Å². The lowest BCUT2D eigenvalue weighted by Crippen LogP contribution is -2.41. The molecule has 4 unspecified atom stereocenters. The Bertz CT molecular complexity index is 833. The van der Waals surface area contributed by atoms with Crippen molar-refractivity contribution < 1.29 is 8.85 Å². The summed E-state index contributed by atoms with van der Waals surface area (Å²) >= 11 is 0. The van der Waals surface area contributed by atoms with Crippen LogP contribution >= 0.6 is 0 Å². The first-order valence-electron chi connectivity index (χ1n) is 10.2. The minimum Gasteiger partial charge on any atom is -0.356 e. The third-order valence-electron chi connectivity index (χ3n) is 6.77. The standard InChI is InChI=1S/C22H24O/c1-20(2)18-13-14-19(18)22(17-11-7-4-8-12-17)21(20,23-22)15-16-9-5-3-6-10-16/h3-12,18-19H,13-15H2,1-2H3/i1D3/t18?,19?,20-,21?,22?/m0/s1. The van der Waals surface area contributed by atoms with Gasteiger partial charge in [0.25, 0.3) is 0 Å². The molecule has 1 heteroatoms. The van der Waals surface area contributed by atoms with Gasteiger partial charge in [-0.3, -0.25) is 0 Å². The SMILES string of the molecule is [2H]C([2H])([2H])[C@]1(C)C2CCC2C2(c3ccccc3)OC21Cc1ccccc1. The van der Waals surface area contributed by atoms with Crippen LogP contribution in [0.5, 0.6) is 0 Å². The number of hydrogen-bond donors (Lipinski definition) is 0. The Morgan fingerprint density at radius 2 is 1.65 bits per heavy atom. The fourth-order valence-electron chi connectivity index (χ4n) is 5.52. The van der Waals surface area contributed by atoms with Crippen molar-refractivity contribution in [1.29, 1.82) is 0 Å². The molecule has 5 atom stereocenters. The summed E-state index contributed by atoms with van der Waals surface area (Å²) in [7, 11) is 0. The highest BCUT2D eigenvalue weighted by Crippen LogP contribution is 2.82. The summed E-state index contributed by atoms with van der Waals surface area (Å²) in [6, 6.07) is 20.6. The molecule has 5 rings (SSSR count). The molecule has 0 aromatic heterocycles. The zero-order valence-corrected chi connectivity index (χ0v) is 13.5. The molecule has 2 aliphatic carbocycles. The molecule has 118 valence electrons. The van der Waals surface area contributed by atoms with Crippen LogP contribution in [0, 0.1) is 17.3 Å². The lowest BCUT2D eigenvalue weighted by molar-refractivity contribution is -0.0376. The molecule has 0 bridgehead atoms. The first kappa shape index (κ1) is 11.0. The second-order valence-electron chi connectivity index (χ2n) is 7.69. The maximum Gasteiger partial charge on any atom is 0.127 e. The van der Waals surface area contributed by atoms with Crippen molar-refractivity contribution in [2.75, 3.05) is 0 Å². The van der Waals surface area contributed by atoms with Gasteiger partial charge in [-0.1, -0.05) is 74.4 Å². The van der Waals surface area contributed by atoms with Crippen LogP contribution in [0.2, 0.25) is 0 Å². The molecule has 1 heterocycles. The lowest BCUT2D eigenvalue weighted by atomic mass is 9.63. The first-order chi connectivity index (χ1) is 12.4. The fraction of sp³-hybridized carbons (Fsp3) is 0.455. The molecule has 0 N–H and O–H groups in total. The topological polar surface area (TPSA) is 12.5 Å². The second-order valence-corrected chi connectivity index (χ2v) is 7.69. The van der Waals surface area contributed by atoms with Gasteiger partial charge in [0.1, 0.15) is 11.2 Å². The van der Waals surface area contributed by atoms with Crippen LogP contribution in [0.15, 0.2) is 60.7 Å². The van der Waals surface area contributed by atoms with Crippen LogP contribution in [-0.4, -0.2) is 5.60 Å². The van der Waals surface area contributed by atoms with Crippen LogP contribution in [0.3, 0.4) is 0 Å². The molecule has 2 aromatic rings. The van der Waals surface area contributed by atoms with E-state index < -0.39 is 23.5 Å². The molecule has 0 radical (unpaired) electrons. The summed E-state index contributed by atoms with van der Waals surface area (Å²) in [5.74, 6) is 0.506. The van der Waals surface area contributed by atoms with Crippen molar-refractivity contribution in [2.45, 2.75) is 44.2 Å². The molecule has 2 saturated carbocycles. The molecule has 2 aromatic carbocycles. The summed E-state index contributed by atoms with van der Waals surface area (Å²) in [6.07, 6.45) is 2.71. The predicted molar refractivity (Wildman–Crippen MR) is 92.1 cm³/mol. The van der Waals surface area contributed by atoms with Crippen molar-refractivity contribution in [3.63, 3.8) is 0 Å². The molecule has 0 spiro atoms. The molecule has 1 nitrogen and oxygen atoms in total. The highest BCUT2D eigenvalue weighted by molar-refractivity contribution is 5.45. The maximum absolute atomic E-state index is 8.43. The summed E-state index contributed by atoms with van der Waals surface area (Å²) in [6.45, 7) is -0.0738. The molecule has 1 aliphatic heterocycles. The monoisotopic (exact) mass is 307 g/mol. The van der Waals surface area contributed by atoms with Gasteiger partial charge in [-0.05, 0) is 35.8 Å². The predicted octanol–water partition coefficient (Wildman–Crippen LogP) is 4.96. The van der Waals surface area contributed by atoms with Crippen molar-refractivity contribution >= 4 is 0 Å². The fourth-order valence-corrected chi connectivity index (χ4v) is 5.52. The molecule has 0 amide bonds. The van der Waals surface area contributed by atoms with Gasteiger partial charge in [-0.2, -0.15) is 0 Å². The number of ether oxygens (including phenoxy) is 1. The Labute approximate surface area is 142 Å². The van der Waals surface area contributed by atoms with Crippen molar-refractivity contribution in [2.24, 2.45) is 17.3 Å². The number of fused-ring (bicyclic) bond motifs is 3. The van der Waals surface area contributed by atoms with Crippen LogP contribution in [0.25, 0.3) is 0 Å². The van der Waals surface area contributed by atoms with Crippen molar-refractivity contribution in [1.82, 2.24) is 0 Å². The molecular formula is C22H24O. The van der Waals surface area contributed by atoms with Crippen molar-refractivity contribution in [3.05, 3.63) is 71.8 Å². The molecule has 1 saturated heterocycles. The third-order valence-corrected chi connectivity index (χ3v) is 6.77. The molecular weight excluding hydrogens is 280 g/mol. The van der Waals surface area contributed by atoms with E-state index in [9.17, 15) is 0 Å². The highest BCUT2D eigenvalue weighted by Gasteiger charge is 2.87. The number of rotatable bonds is 3. The van der Waals surface area contributed by atoms with Gasteiger partial charge >= 0.3 is 0 Å². The average Bonchev–Trinajstić information content (AvgIpc) is 3.21. The van der Waals surface area contributed by atoms with Crippen LogP contribution in [0.4, 0.5) is 0 Å².